The van der Waals surface area contributed by atoms with Crippen LogP contribution >= 0.6 is 11.3 Å². The average molecular weight is 350 g/mol. The van der Waals surface area contributed by atoms with Gasteiger partial charge in [0.05, 0.1) is 0 Å². The first-order valence-corrected chi connectivity index (χ1v) is 9.08. The fraction of sp³-hybridized carbons (Fsp3) is 0.211. The van der Waals surface area contributed by atoms with Crippen molar-refractivity contribution in [2.75, 3.05) is 5.32 Å². The highest BCUT2D eigenvalue weighted by molar-refractivity contribution is 7.18. The molecule has 1 heterocycles. The third kappa shape index (κ3) is 3.69. The van der Waals surface area contributed by atoms with Crippen molar-refractivity contribution >= 4 is 28.1 Å². The summed E-state index contributed by atoms with van der Waals surface area (Å²) in [6.45, 7) is 2.00. The molecule has 1 aromatic heterocycles. The minimum atomic E-state index is -0.0206. The van der Waals surface area contributed by atoms with Crippen LogP contribution in [0, 0.1) is 6.92 Å². The van der Waals surface area contributed by atoms with E-state index >= 15 is 0 Å². The fourth-order valence-electron chi connectivity index (χ4n) is 2.48. The summed E-state index contributed by atoms with van der Waals surface area (Å²) in [6.07, 6.45) is 2.16. The molecule has 0 radical (unpaired) electrons. The van der Waals surface area contributed by atoms with Crippen molar-refractivity contribution in [1.29, 1.82) is 0 Å². The molecule has 0 atom stereocenters. The Bertz CT molecular complexity index is 903. The summed E-state index contributed by atoms with van der Waals surface area (Å²) >= 11 is 1.49. The second kappa shape index (κ2) is 6.64. The van der Waals surface area contributed by atoms with Crippen molar-refractivity contribution in [1.82, 2.24) is 15.5 Å². The van der Waals surface area contributed by atoms with Gasteiger partial charge in [-0.2, -0.15) is 0 Å². The number of carbonyl (C=O) groups is 1. The van der Waals surface area contributed by atoms with E-state index in [0.717, 1.165) is 34.7 Å². The third-order valence-corrected chi connectivity index (χ3v) is 4.99. The predicted octanol–water partition coefficient (Wildman–Crippen LogP) is 4.15. The Balaban J connectivity index is 1.54. The zero-order valence-corrected chi connectivity index (χ0v) is 14.6. The van der Waals surface area contributed by atoms with Gasteiger partial charge in [0, 0.05) is 22.9 Å². The first kappa shape index (κ1) is 15.8. The summed E-state index contributed by atoms with van der Waals surface area (Å²) in [4.78, 5) is 12.2. The first-order chi connectivity index (χ1) is 12.2. The minimum Gasteiger partial charge on any atom is -0.349 e. The zero-order chi connectivity index (χ0) is 17.2. The van der Waals surface area contributed by atoms with E-state index in [1.165, 1.54) is 11.3 Å². The van der Waals surface area contributed by atoms with E-state index in [1.807, 2.05) is 55.5 Å². The van der Waals surface area contributed by atoms with Crippen molar-refractivity contribution in [3.8, 4) is 10.6 Å². The van der Waals surface area contributed by atoms with Crippen molar-refractivity contribution in [3.05, 3.63) is 59.7 Å². The van der Waals surface area contributed by atoms with E-state index in [0.29, 0.717) is 16.7 Å². The second-order valence-electron chi connectivity index (χ2n) is 6.18. The maximum absolute atomic E-state index is 12.2. The minimum absolute atomic E-state index is 0.0206. The highest BCUT2D eigenvalue weighted by Crippen LogP contribution is 2.29. The highest BCUT2D eigenvalue weighted by atomic mass is 32.1. The number of carbonyl (C=O) groups excluding carboxylic acids is 1. The number of aromatic nitrogens is 2. The van der Waals surface area contributed by atoms with Crippen molar-refractivity contribution in [2.45, 2.75) is 25.8 Å². The summed E-state index contributed by atoms with van der Waals surface area (Å²) < 4.78 is 0. The molecular formula is C19H18N4OS. The predicted molar refractivity (Wildman–Crippen MR) is 100 cm³/mol. The molecule has 4 rings (SSSR count). The number of aryl methyl sites for hydroxylation is 1. The molecule has 2 N–H and O–H groups in total. The number of amides is 1. The number of anilines is 2. The molecule has 1 fully saturated rings. The normalized spacial score (nSPS) is 13.5. The van der Waals surface area contributed by atoms with Gasteiger partial charge in [-0.1, -0.05) is 47.7 Å². The lowest BCUT2D eigenvalue weighted by Crippen LogP contribution is -2.25. The molecule has 2 aromatic carbocycles. The summed E-state index contributed by atoms with van der Waals surface area (Å²) in [7, 11) is 0. The Kier molecular flexibility index (Phi) is 4.19. The molecule has 0 aliphatic heterocycles. The van der Waals surface area contributed by atoms with E-state index < -0.39 is 0 Å². The van der Waals surface area contributed by atoms with Gasteiger partial charge in [0.25, 0.3) is 5.91 Å². The summed E-state index contributed by atoms with van der Waals surface area (Å²) in [6, 6.07) is 16.0. The molecule has 6 heteroatoms. The Morgan fingerprint density at radius 2 is 1.92 bits per heavy atom. The van der Waals surface area contributed by atoms with Gasteiger partial charge < -0.3 is 10.6 Å². The Morgan fingerprint density at radius 3 is 2.68 bits per heavy atom. The maximum atomic E-state index is 12.2. The van der Waals surface area contributed by atoms with Crippen molar-refractivity contribution < 1.29 is 4.79 Å². The molecule has 3 aromatic rings. The lowest BCUT2D eigenvalue weighted by Gasteiger charge is -2.09. The molecule has 5 nitrogen and oxygen atoms in total. The van der Waals surface area contributed by atoms with Gasteiger partial charge in [0.15, 0.2) is 0 Å². The lowest BCUT2D eigenvalue weighted by atomic mass is 10.1. The maximum Gasteiger partial charge on any atom is 0.251 e. The van der Waals surface area contributed by atoms with Gasteiger partial charge in [-0.05, 0) is 37.5 Å². The smallest absolute Gasteiger partial charge is 0.251 e. The largest absolute Gasteiger partial charge is 0.349 e. The van der Waals surface area contributed by atoms with E-state index in [4.69, 9.17) is 0 Å². The van der Waals surface area contributed by atoms with Crippen LogP contribution in [0.4, 0.5) is 10.8 Å². The quantitative estimate of drug-likeness (QED) is 0.725. The zero-order valence-electron chi connectivity index (χ0n) is 13.8. The monoisotopic (exact) mass is 350 g/mol. The second-order valence-corrected chi connectivity index (χ2v) is 7.16. The van der Waals surface area contributed by atoms with Crippen LogP contribution in [0.25, 0.3) is 10.6 Å². The van der Waals surface area contributed by atoms with Crippen LogP contribution in [0.3, 0.4) is 0 Å². The number of hydrogen-bond acceptors (Lipinski definition) is 5. The van der Waals surface area contributed by atoms with Crippen LogP contribution in [0.2, 0.25) is 0 Å². The molecule has 126 valence electrons. The fourth-order valence-corrected chi connectivity index (χ4v) is 3.24. The SMILES string of the molecule is Cc1ccc(C(=O)NC2CC2)cc1Nc1nnc(-c2ccccc2)s1. The number of hydrogen-bond donors (Lipinski definition) is 2. The molecule has 0 unspecified atom stereocenters. The molecule has 25 heavy (non-hydrogen) atoms. The average Bonchev–Trinajstić information content (AvgIpc) is 3.32. The Hall–Kier alpha value is -2.73. The molecule has 0 spiro atoms. The van der Waals surface area contributed by atoms with Gasteiger partial charge >= 0.3 is 0 Å². The van der Waals surface area contributed by atoms with Crippen LogP contribution in [0.5, 0.6) is 0 Å². The van der Waals surface area contributed by atoms with Gasteiger partial charge in [-0.15, -0.1) is 10.2 Å². The third-order valence-electron chi connectivity index (χ3n) is 4.10. The van der Waals surface area contributed by atoms with Crippen molar-refractivity contribution in [2.24, 2.45) is 0 Å². The van der Waals surface area contributed by atoms with E-state index in [1.54, 1.807) is 0 Å². The van der Waals surface area contributed by atoms with Crippen molar-refractivity contribution in [3.63, 3.8) is 0 Å². The van der Waals surface area contributed by atoms with Gasteiger partial charge in [0.2, 0.25) is 5.13 Å². The van der Waals surface area contributed by atoms with E-state index in [9.17, 15) is 4.79 Å². The molecule has 1 aliphatic carbocycles. The Labute approximate surface area is 150 Å². The molecule has 0 saturated heterocycles. The Morgan fingerprint density at radius 1 is 1.12 bits per heavy atom. The van der Waals surface area contributed by atoms with E-state index in [2.05, 4.69) is 20.8 Å². The van der Waals surface area contributed by atoms with E-state index in [-0.39, 0.29) is 5.91 Å². The standard InChI is InChI=1S/C19H18N4OS/c1-12-7-8-14(17(24)20-15-9-10-15)11-16(12)21-19-23-22-18(25-19)13-5-3-2-4-6-13/h2-8,11,15H,9-10H2,1H3,(H,20,24)(H,21,23). The molecule has 0 bridgehead atoms. The highest BCUT2D eigenvalue weighted by Gasteiger charge is 2.24. The lowest BCUT2D eigenvalue weighted by molar-refractivity contribution is 0.0951. The molecule has 1 amide bonds. The molecular weight excluding hydrogens is 332 g/mol. The molecule has 1 saturated carbocycles. The van der Waals surface area contributed by atoms with Crippen LogP contribution in [-0.2, 0) is 0 Å². The number of nitrogens with one attached hydrogen (secondary N) is 2. The summed E-state index contributed by atoms with van der Waals surface area (Å²) in [5, 5.41) is 16.3. The topological polar surface area (TPSA) is 66.9 Å². The number of benzene rings is 2. The van der Waals surface area contributed by atoms with Crippen LogP contribution in [0.1, 0.15) is 28.8 Å². The van der Waals surface area contributed by atoms with Gasteiger partial charge in [-0.3, -0.25) is 4.79 Å². The summed E-state index contributed by atoms with van der Waals surface area (Å²) in [5.41, 5.74) is 3.63. The van der Waals surface area contributed by atoms with Gasteiger partial charge in [-0.25, -0.2) is 0 Å². The first-order valence-electron chi connectivity index (χ1n) is 8.26. The summed E-state index contributed by atoms with van der Waals surface area (Å²) in [5.74, 6) is -0.0206. The van der Waals surface area contributed by atoms with Crippen LogP contribution in [0.15, 0.2) is 48.5 Å². The number of nitrogens with zero attached hydrogens (tertiary/aromatic N) is 2. The number of rotatable bonds is 5. The van der Waals surface area contributed by atoms with Crippen LogP contribution < -0.4 is 10.6 Å². The van der Waals surface area contributed by atoms with Gasteiger partial charge in [0.1, 0.15) is 5.01 Å². The van der Waals surface area contributed by atoms with Crippen LogP contribution in [-0.4, -0.2) is 22.1 Å². The molecule has 1 aliphatic rings.